The lowest BCUT2D eigenvalue weighted by atomic mass is 9.68. The monoisotopic (exact) mass is 720 g/mol. The summed E-state index contributed by atoms with van der Waals surface area (Å²) in [5, 5.41) is 20.7. The molecule has 0 atom stereocenters. The number of nitrogens with one attached hydrogen (secondary N) is 1. The van der Waals surface area contributed by atoms with Crippen LogP contribution in [0.5, 0.6) is 0 Å². The van der Waals surface area contributed by atoms with Crippen LogP contribution in [0.4, 0.5) is 38.0 Å². The fourth-order valence-corrected chi connectivity index (χ4v) is 7.98. The van der Waals surface area contributed by atoms with Gasteiger partial charge < -0.3 is 9.88 Å². The number of halogens is 6. The first-order chi connectivity index (χ1) is 24.7. The molecule has 3 fully saturated rings. The van der Waals surface area contributed by atoms with E-state index in [1.165, 1.54) is 30.6 Å². The molecule has 15 heteroatoms. The first kappa shape index (κ1) is 34.1. The van der Waals surface area contributed by atoms with Gasteiger partial charge in [0.25, 0.3) is 5.91 Å². The van der Waals surface area contributed by atoms with E-state index >= 15 is 0 Å². The molecule has 1 spiro atoms. The molecule has 52 heavy (non-hydrogen) atoms. The van der Waals surface area contributed by atoms with Crippen molar-refractivity contribution in [2.75, 3.05) is 23.3 Å². The molecule has 270 valence electrons. The molecule has 0 radical (unpaired) electrons. The van der Waals surface area contributed by atoms with Crippen LogP contribution in [0.25, 0.3) is 22.5 Å². The standard InChI is InChI=1S/C37H34F6N8O/c1-49-21-45-48-32(49)25-4-3-24(36(38,39)40)17-26(25)23-15-30(47-35(7-8-35)9-11-44)46-31(16-23)51-19-28-27(33(51)52)13-22(14-29(28)37(41,42)43)18-50-12-10-34(20-50)5-2-6-34/h3-4,13-17,21H,2,5-10,12,18-20H2,1H3,(H,46,47). The van der Waals surface area contributed by atoms with Gasteiger partial charge in [-0.1, -0.05) is 6.42 Å². The van der Waals surface area contributed by atoms with E-state index in [1.807, 2.05) is 0 Å². The summed E-state index contributed by atoms with van der Waals surface area (Å²) in [6.07, 6.45) is -2.21. The largest absolute Gasteiger partial charge is 0.416 e. The molecule has 1 N–H and O–H groups in total. The summed E-state index contributed by atoms with van der Waals surface area (Å²) in [7, 11) is 1.64. The van der Waals surface area contributed by atoms with Crippen LogP contribution in [0.1, 0.15) is 77.6 Å². The third kappa shape index (κ3) is 6.16. The summed E-state index contributed by atoms with van der Waals surface area (Å²) < 4.78 is 87.7. The summed E-state index contributed by atoms with van der Waals surface area (Å²) in [6, 6.07) is 10.9. The topological polar surface area (TPSA) is 103 Å². The van der Waals surface area contributed by atoms with Crippen LogP contribution in [-0.4, -0.2) is 49.2 Å². The fourth-order valence-electron chi connectivity index (χ4n) is 7.98. The Morgan fingerprint density at radius 1 is 0.942 bits per heavy atom. The molecule has 8 rings (SSSR count). The number of aromatic nitrogens is 4. The van der Waals surface area contributed by atoms with Gasteiger partial charge in [-0.25, -0.2) is 4.98 Å². The van der Waals surface area contributed by atoms with Crippen LogP contribution in [0, 0.1) is 16.7 Å². The quantitative estimate of drug-likeness (QED) is 0.184. The van der Waals surface area contributed by atoms with Crippen molar-refractivity contribution in [3.05, 3.63) is 76.6 Å². The highest BCUT2D eigenvalue weighted by Gasteiger charge is 2.45. The first-order valence-corrected chi connectivity index (χ1v) is 17.2. The Hall–Kier alpha value is -4.97. The smallest absolute Gasteiger partial charge is 0.364 e. The predicted molar refractivity (Wildman–Crippen MR) is 179 cm³/mol. The Morgan fingerprint density at radius 3 is 2.35 bits per heavy atom. The van der Waals surface area contributed by atoms with Gasteiger partial charge in [-0.3, -0.25) is 14.6 Å². The van der Waals surface area contributed by atoms with Crippen LogP contribution in [0.2, 0.25) is 0 Å². The molecular formula is C37H34F6N8O. The Labute approximate surface area is 295 Å². The van der Waals surface area contributed by atoms with Gasteiger partial charge in [0.05, 0.1) is 35.7 Å². The van der Waals surface area contributed by atoms with Gasteiger partial charge in [0.1, 0.15) is 18.0 Å². The SMILES string of the molecule is Cn1cnnc1-c1ccc(C(F)(F)F)cc1-c1cc(NC2(CC#N)CC2)nc(N2Cc3c(cc(CN4CCC5(CCC5)C4)cc3C(F)(F)F)C2=O)c1. The molecule has 0 bridgehead atoms. The summed E-state index contributed by atoms with van der Waals surface area (Å²) in [4.78, 5) is 22.1. The maximum Gasteiger partial charge on any atom is 0.416 e. The minimum atomic E-state index is -4.74. The highest BCUT2D eigenvalue weighted by Crippen LogP contribution is 2.49. The highest BCUT2D eigenvalue weighted by atomic mass is 19.4. The van der Waals surface area contributed by atoms with Crippen molar-refractivity contribution in [1.82, 2.24) is 24.6 Å². The van der Waals surface area contributed by atoms with Crippen molar-refractivity contribution in [3.8, 4) is 28.6 Å². The molecule has 2 aliphatic carbocycles. The third-order valence-electron chi connectivity index (χ3n) is 11.1. The van der Waals surface area contributed by atoms with Gasteiger partial charge >= 0.3 is 12.4 Å². The van der Waals surface area contributed by atoms with E-state index in [4.69, 9.17) is 0 Å². The van der Waals surface area contributed by atoms with Crippen LogP contribution in [0.3, 0.4) is 0 Å². The number of carbonyl (C=O) groups excluding carboxylic acids is 1. The number of pyridine rings is 1. The number of rotatable bonds is 8. The van der Waals surface area contributed by atoms with E-state index in [0.717, 1.165) is 61.9 Å². The zero-order valence-electron chi connectivity index (χ0n) is 28.2. The van der Waals surface area contributed by atoms with Crippen LogP contribution >= 0.6 is 0 Å². The van der Waals surface area contributed by atoms with E-state index in [-0.39, 0.29) is 58.1 Å². The molecule has 0 unspecified atom stereocenters. The second-order valence-electron chi connectivity index (χ2n) is 14.7. The van der Waals surface area contributed by atoms with Crippen molar-refractivity contribution in [1.29, 1.82) is 5.26 Å². The number of carbonyl (C=O) groups is 1. The van der Waals surface area contributed by atoms with Crippen molar-refractivity contribution in [2.24, 2.45) is 12.5 Å². The van der Waals surface area contributed by atoms with E-state index in [9.17, 15) is 36.4 Å². The number of hydrogen-bond donors (Lipinski definition) is 1. The molecule has 2 aliphatic heterocycles. The van der Waals surface area contributed by atoms with Crippen LogP contribution in [-0.2, 0) is 32.5 Å². The number of likely N-dealkylation sites (tertiary alicyclic amines) is 1. The predicted octanol–water partition coefficient (Wildman–Crippen LogP) is 7.98. The van der Waals surface area contributed by atoms with Crippen molar-refractivity contribution in [3.63, 3.8) is 0 Å². The number of amides is 1. The summed E-state index contributed by atoms with van der Waals surface area (Å²) in [5.41, 5.74) is -1.45. The number of anilines is 2. The Bertz CT molecular complexity index is 2130. The Kier molecular flexibility index (Phi) is 7.91. The van der Waals surface area contributed by atoms with Crippen LogP contribution in [0.15, 0.2) is 48.8 Å². The maximum atomic E-state index is 14.6. The normalized spacial score (nSPS) is 19.1. The second kappa shape index (κ2) is 12.0. The molecule has 2 saturated carbocycles. The highest BCUT2D eigenvalue weighted by molar-refractivity contribution is 6.10. The van der Waals surface area contributed by atoms with Gasteiger partial charge in [-0.2, -0.15) is 31.6 Å². The number of hydrogen-bond acceptors (Lipinski definition) is 7. The zero-order valence-corrected chi connectivity index (χ0v) is 28.2. The van der Waals surface area contributed by atoms with Crippen molar-refractivity contribution in [2.45, 2.75) is 75.9 Å². The average molecular weight is 721 g/mol. The summed E-state index contributed by atoms with van der Waals surface area (Å²) in [6.45, 7) is 1.45. The number of benzene rings is 2. The fraction of sp³-hybridized carbons (Fsp3) is 0.432. The summed E-state index contributed by atoms with van der Waals surface area (Å²) >= 11 is 0. The third-order valence-corrected chi connectivity index (χ3v) is 11.1. The molecule has 9 nitrogen and oxygen atoms in total. The van der Waals surface area contributed by atoms with Gasteiger partial charge in [0, 0.05) is 31.3 Å². The van der Waals surface area contributed by atoms with Gasteiger partial charge in [-0.05, 0) is 109 Å². The summed E-state index contributed by atoms with van der Waals surface area (Å²) in [5.74, 6) is -0.295. The Morgan fingerprint density at radius 2 is 1.73 bits per heavy atom. The number of aryl methyl sites for hydroxylation is 1. The lowest BCUT2D eigenvalue weighted by Crippen LogP contribution is -2.33. The minimum Gasteiger partial charge on any atom is -0.364 e. The van der Waals surface area contributed by atoms with Crippen LogP contribution < -0.4 is 10.2 Å². The molecular weight excluding hydrogens is 686 g/mol. The lowest BCUT2D eigenvalue weighted by molar-refractivity contribution is -0.138. The Balaban J connectivity index is 1.22. The molecule has 4 heterocycles. The van der Waals surface area contributed by atoms with E-state index in [1.54, 1.807) is 11.6 Å². The number of fused-ring (bicyclic) bond motifs is 1. The van der Waals surface area contributed by atoms with E-state index < -0.39 is 41.5 Å². The van der Waals surface area contributed by atoms with E-state index in [0.29, 0.717) is 24.0 Å². The van der Waals surface area contributed by atoms with Gasteiger partial charge in [-0.15, -0.1) is 10.2 Å². The first-order valence-electron chi connectivity index (χ1n) is 17.2. The number of nitriles is 1. The molecule has 2 aromatic heterocycles. The minimum absolute atomic E-state index is 0.0450. The lowest BCUT2D eigenvalue weighted by Gasteiger charge is -2.38. The second-order valence-corrected chi connectivity index (χ2v) is 14.7. The molecule has 4 aromatic rings. The van der Waals surface area contributed by atoms with Crippen molar-refractivity contribution >= 4 is 17.5 Å². The van der Waals surface area contributed by atoms with Gasteiger partial charge in [0.2, 0.25) is 0 Å². The van der Waals surface area contributed by atoms with Crippen molar-refractivity contribution < 1.29 is 31.1 Å². The number of alkyl halides is 6. The number of nitrogens with zero attached hydrogens (tertiary/aromatic N) is 7. The molecule has 1 amide bonds. The molecule has 1 saturated heterocycles. The average Bonchev–Trinajstić information content (AvgIpc) is 3.35. The van der Waals surface area contributed by atoms with Gasteiger partial charge in [0.15, 0.2) is 5.82 Å². The van der Waals surface area contributed by atoms with E-state index in [2.05, 4.69) is 31.5 Å². The molecule has 4 aliphatic rings. The maximum absolute atomic E-state index is 14.6. The zero-order chi connectivity index (χ0) is 36.6. The molecule has 2 aromatic carbocycles.